The molecule has 0 saturated heterocycles. The molecule has 0 unspecified atom stereocenters. The first-order chi connectivity index (χ1) is 8.36. The summed E-state index contributed by atoms with van der Waals surface area (Å²) in [6.45, 7) is 8.35. The summed E-state index contributed by atoms with van der Waals surface area (Å²) in [5, 5.41) is 0. The average Bonchev–Trinajstić information content (AvgIpc) is 2.34. The maximum absolute atomic E-state index is 11.9. The molecular formula is C15H20O3. The zero-order chi connectivity index (χ0) is 13.8. The van der Waals surface area contributed by atoms with Crippen molar-refractivity contribution in [2.75, 3.05) is 6.61 Å². The van der Waals surface area contributed by atoms with Crippen LogP contribution < -0.4 is 0 Å². The number of hydrogen-bond acceptors (Lipinski definition) is 3. The largest absolute Gasteiger partial charge is 0.460 e. The molecule has 1 aromatic carbocycles. The summed E-state index contributed by atoms with van der Waals surface area (Å²) in [7, 11) is 0. The highest BCUT2D eigenvalue weighted by Gasteiger charge is 2.20. The van der Waals surface area contributed by atoms with Gasteiger partial charge in [-0.1, -0.05) is 45.9 Å². The van der Waals surface area contributed by atoms with Crippen LogP contribution in [0.2, 0.25) is 0 Å². The lowest BCUT2D eigenvalue weighted by Crippen LogP contribution is -2.19. The predicted molar refractivity (Wildman–Crippen MR) is 70.7 cm³/mol. The minimum Gasteiger partial charge on any atom is -0.460 e. The fourth-order valence-electron chi connectivity index (χ4n) is 1.51. The molecule has 0 saturated carbocycles. The van der Waals surface area contributed by atoms with E-state index in [1.165, 1.54) is 0 Å². The monoisotopic (exact) mass is 248 g/mol. The van der Waals surface area contributed by atoms with Gasteiger partial charge in [0.2, 0.25) is 0 Å². The Morgan fingerprint density at radius 3 is 2.44 bits per heavy atom. The van der Waals surface area contributed by atoms with Gasteiger partial charge in [-0.05, 0) is 23.5 Å². The SMILES string of the molecule is CCCOC(=O)C(=O)c1cccc(C(C)(C)C)c1. The van der Waals surface area contributed by atoms with Crippen molar-refractivity contribution in [2.24, 2.45) is 0 Å². The van der Waals surface area contributed by atoms with Gasteiger partial charge in [-0.3, -0.25) is 4.79 Å². The average molecular weight is 248 g/mol. The van der Waals surface area contributed by atoms with E-state index in [9.17, 15) is 9.59 Å². The van der Waals surface area contributed by atoms with Crippen molar-refractivity contribution in [3.05, 3.63) is 35.4 Å². The van der Waals surface area contributed by atoms with Crippen LogP contribution in [0, 0.1) is 0 Å². The van der Waals surface area contributed by atoms with Crippen LogP contribution in [0.4, 0.5) is 0 Å². The molecule has 3 nitrogen and oxygen atoms in total. The molecule has 0 fully saturated rings. The molecule has 0 aromatic heterocycles. The van der Waals surface area contributed by atoms with Crippen molar-refractivity contribution in [1.29, 1.82) is 0 Å². The van der Waals surface area contributed by atoms with Gasteiger partial charge in [0.25, 0.3) is 5.78 Å². The van der Waals surface area contributed by atoms with Gasteiger partial charge in [0.05, 0.1) is 6.61 Å². The highest BCUT2D eigenvalue weighted by molar-refractivity contribution is 6.40. The first-order valence-corrected chi connectivity index (χ1v) is 6.18. The Morgan fingerprint density at radius 1 is 1.22 bits per heavy atom. The maximum Gasteiger partial charge on any atom is 0.379 e. The summed E-state index contributed by atoms with van der Waals surface area (Å²) in [5.74, 6) is -1.35. The van der Waals surface area contributed by atoms with E-state index >= 15 is 0 Å². The molecule has 0 amide bonds. The van der Waals surface area contributed by atoms with Crippen LogP contribution >= 0.6 is 0 Å². The summed E-state index contributed by atoms with van der Waals surface area (Å²) in [4.78, 5) is 23.3. The van der Waals surface area contributed by atoms with Gasteiger partial charge in [-0.2, -0.15) is 0 Å². The Labute approximate surface area is 108 Å². The van der Waals surface area contributed by atoms with Crippen LogP contribution in [-0.4, -0.2) is 18.4 Å². The molecule has 0 atom stereocenters. The lowest BCUT2D eigenvalue weighted by molar-refractivity contribution is -0.138. The van der Waals surface area contributed by atoms with Crippen molar-refractivity contribution in [3.63, 3.8) is 0 Å². The van der Waals surface area contributed by atoms with Gasteiger partial charge in [0.1, 0.15) is 0 Å². The molecule has 1 rings (SSSR count). The van der Waals surface area contributed by atoms with E-state index in [0.717, 1.165) is 5.56 Å². The summed E-state index contributed by atoms with van der Waals surface area (Å²) in [6, 6.07) is 7.15. The zero-order valence-electron chi connectivity index (χ0n) is 11.4. The maximum atomic E-state index is 11.9. The van der Waals surface area contributed by atoms with E-state index in [4.69, 9.17) is 4.74 Å². The highest BCUT2D eigenvalue weighted by atomic mass is 16.5. The second kappa shape index (κ2) is 5.80. The highest BCUT2D eigenvalue weighted by Crippen LogP contribution is 2.23. The van der Waals surface area contributed by atoms with Crippen LogP contribution in [0.25, 0.3) is 0 Å². The van der Waals surface area contributed by atoms with Crippen LogP contribution in [0.5, 0.6) is 0 Å². The van der Waals surface area contributed by atoms with Crippen LogP contribution in [-0.2, 0) is 14.9 Å². The molecule has 0 spiro atoms. The third-order valence-electron chi connectivity index (χ3n) is 2.61. The number of Topliss-reactive ketones (excluding diaryl/α,β-unsaturated/α-hetero) is 1. The van der Waals surface area contributed by atoms with E-state index in [0.29, 0.717) is 12.0 Å². The van der Waals surface area contributed by atoms with E-state index in [-0.39, 0.29) is 12.0 Å². The lowest BCUT2D eigenvalue weighted by Gasteiger charge is -2.19. The topological polar surface area (TPSA) is 43.4 Å². The molecule has 18 heavy (non-hydrogen) atoms. The molecule has 3 heteroatoms. The van der Waals surface area contributed by atoms with Crippen LogP contribution in [0.3, 0.4) is 0 Å². The van der Waals surface area contributed by atoms with Gasteiger partial charge in [0.15, 0.2) is 0 Å². The fraction of sp³-hybridized carbons (Fsp3) is 0.467. The molecular weight excluding hydrogens is 228 g/mol. The van der Waals surface area contributed by atoms with Crippen LogP contribution in [0.15, 0.2) is 24.3 Å². The third-order valence-corrected chi connectivity index (χ3v) is 2.61. The minimum atomic E-state index is -0.775. The second-order valence-electron chi connectivity index (χ2n) is 5.30. The van der Waals surface area contributed by atoms with E-state index < -0.39 is 11.8 Å². The van der Waals surface area contributed by atoms with Gasteiger partial charge >= 0.3 is 5.97 Å². The number of esters is 1. The van der Waals surface area contributed by atoms with Crippen molar-refractivity contribution in [3.8, 4) is 0 Å². The van der Waals surface area contributed by atoms with Gasteiger partial charge < -0.3 is 4.74 Å². The summed E-state index contributed by atoms with van der Waals surface area (Å²) in [6.07, 6.45) is 0.709. The second-order valence-corrected chi connectivity index (χ2v) is 5.30. The van der Waals surface area contributed by atoms with Crippen molar-refractivity contribution in [2.45, 2.75) is 39.5 Å². The molecule has 0 aliphatic rings. The Hall–Kier alpha value is -1.64. The van der Waals surface area contributed by atoms with Gasteiger partial charge in [-0.15, -0.1) is 0 Å². The quantitative estimate of drug-likeness (QED) is 0.467. The fourth-order valence-corrected chi connectivity index (χ4v) is 1.51. The summed E-state index contributed by atoms with van der Waals surface area (Å²) < 4.78 is 4.84. The van der Waals surface area contributed by atoms with Crippen molar-refractivity contribution in [1.82, 2.24) is 0 Å². The smallest absolute Gasteiger partial charge is 0.379 e. The van der Waals surface area contributed by atoms with Crippen molar-refractivity contribution >= 4 is 11.8 Å². The molecule has 0 N–H and O–H groups in total. The van der Waals surface area contributed by atoms with Crippen LogP contribution in [0.1, 0.15) is 50.0 Å². The number of benzene rings is 1. The molecule has 0 bridgehead atoms. The number of hydrogen-bond donors (Lipinski definition) is 0. The Kier molecular flexibility index (Phi) is 4.65. The zero-order valence-corrected chi connectivity index (χ0v) is 11.4. The molecule has 1 aromatic rings. The lowest BCUT2D eigenvalue weighted by atomic mass is 9.86. The molecule has 0 aliphatic heterocycles. The first kappa shape index (κ1) is 14.4. The van der Waals surface area contributed by atoms with Crippen molar-refractivity contribution < 1.29 is 14.3 Å². The number of rotatable bonds is 4. The summed E-state index contributed by atoms with van der Waals surface area (Å²) in [5.41, 5.74) is 1.36. The Morgan fingerprint density at radius 2 is 1.89 bits per heavy atom. The predicted octanol–water partition coefficient (Wildman–Crippen LogP) is 3.12. The summed E-state index contributed by atoms with van der Waals surface area (Å²) >= 11 is 0. The Bertz CT molecular complexity index is 441. The molecule has 98 valence electrons. The van der Waals surface area contributed by atoms with Gasteiger partial charge in [-0.25, -0.2) is 4.79 Å². The number of carbonyl (C=O) groups is 2. The minimum absolute atomic E-state index is 0.0520. The van der Waals surface area contributed by atoms with E-state index in [2.05, 4.69) is 20.8 Å². The number of carbonyl (C=O) groups excluding carboxylic acids is 2. The Balaban J connectivity index is 2.90. The number of ether oxygens (including phenoxy) is 1. The molecule has 0 aliphatic carbocycles. The molecule has 0 heterocycles. The van der Waals surface area contributed by atoms with E-state index in [1.54, 1.807) is 18.2 Å². The van der Waals surface area contributed by atoms with Gasteiger partial charge in [0, 0.05) is 5.56 Å². The first-order valence-electron chi connectivity index (χ1n) is 6.18. The number of ketones is 1. The third kappa shape index (κ3) is 3.69. The standard InChI is InChI=1S/C15H20O3/c1-5-9-18-14(17)13(16)11-7-6-8-12(10-11)15(2,3)4/h6-8,10H,5,9H2,1-4H3. The normalized spacial score (nSPS) is 11.1. The van der Waals surface area contributed by atoms with E-state index in [1.807, 2.05) is 13.0 Å². The molecule has 0 radical (unpaired) electrons.